The maximum Gasteiger partial charge on any atom is 0.0740 e. The van der Waals surface area contributed by atoms with Gasteiger partial charge >= 0.3 is 0 Å². The highest BCUT2D eigenvalue weighted by Crippen LogP contribution is 2.71. The lowest BCUT2D eigenvalue weighted by Crippen LogP contribution is -2.44. The maximum atomic E-state index is 7.43. The molecule has 1 N–H and O–H groups in total. The topological polar surface area (TPSA) is 15.3 Å². The number of anilines is 5. The van der Waals surface area contributed by atoms with Crippen LogP contribution in [0.5, 0.6) is 0 Å². The molecule has 2 nitrogen and oxygen atoms in total. The number of para-hydroxylation sites is 2. The van der Waals surface area contributed by atoms with Gasteiger partial charge in [0.25, 0.3) is 0 Å². The van der Waals surface area contributed by atoms with E-state index in [1.165, 1.54) is 161 Å². The first kappa shape index (κ1) is 67.7. The average Bonchev–Trinajstić information content (AvgIpc) is 1.52. The summed E-state index contributed by atoms with van der Waals surface area (Å²) in [6, 6.07) is 164. The summed E-state index contributed by atoms with van der Waals surface area (Å²) in [4.78, 5) is 2.51. The minimum atomic E-state index is -0.607. The van der Waals surface area contributed by atoms with Crippen LogP contribution in [0.2, 0.25) is 5.02 Å². The van der Waals surface area contributed by atoms with Crippen LogP contribution in [-0.4, -0.2) is 0 Å². The lowest BCUT2D eigenvalue weighted by Gasteiger charge is -2.50. The summed E-state index contributed by atoms with van der Waals surface area (Å²) in [7, 11) is 0. The summed E-state index contributed by atoms with van der Waals surface area (Å²) in [5.74, 6) is 0. The minimum absolute atomic E-state index is 0.457. The monoisotopic (exact) mass is 1480 g/mol. The second-order valence-corrected chi connectivity index (χ2v) is 31.2. The molecule has 3 heteroatoms. The van der Waals surface area contributed by atoms with Gasteiger partial charge < -0.3 is 10.2 Å². The van der Waals surface area contributed by atoms with E-state index in [9.17, 15) is 0 Å². The van der Waals surface area contributed by atoms with Gasteiger partial charge in [0.1, 0.15) is 0 Å². The van der Waals surface area contributed by atoms with Crippen molar-refractivity contribution >= 4 is 40.0 Å². The van der Waals surface area contributed by atoms with Crippen molar-refractivity contribution in [2.24, 2.45) is 0 Å². The summed E-state index contributed by atoms with van der Waals surface area (Å²) in [6.45, 7) is 0. The molecule has 18 aromatic carbocycles. The molecule has 0 unspecified atom stereocenters. The van der Waals surface area contributed by atoms with Gasteiger partial charge in [-0.2, -0.15) is 0 Å². The standard InChI is InChI=1S/C56H37N.C38H23Cl.C18H15N/c1-3-18-38(19-4-1)39-34-36-41(37-35-39)57(40-20-5-2-6-21-40)53-33-17-32-52-54(53)56(48-28-13-9-24-44(48)45-25-10-14-29-49(45)56)51-31-16-15-30-50(51)55(52)46-26-11-7-22-42(46)43-23-8-12-27-47(43)55;39-35-23-11-22-34-36(35)38(30-18-7-3-14-26(30)27-15-4-8-19-31(27)38)33-21-10-9-20-32(33)37(34)28-16-5-1-12-24(28)25-13-2-6-17-29(25)37;1-3-7-15(8-4-1)16-11-13-18(14-12-16)19-17-9-5-2-6-10-17/h1-37H;1-23H;1-14,19H. The van der Waals surface area contributed by atoms with Crippen molar-refractivity contribution in [2.75, 3.05) is 10.2 Å². The quantitative estimate of drug-likeness (QED) is 0.171. The predicted octanol–water partition coefficient (Wildman–Crippen LogP) is 28.3. The van der Waals surface area contributed by atoms with Crippen molar-refractivity contribution in [3.05, 3.63) is 543 Å². The fourth-order valence-electron chi connectivity index (χ4n) is 21.2. The van der Waals surface area contributed by atoms with Gasteiger partial charge in [-0.25, -0.2) is 0 Å². The SMILES string of the molecule is Clc1cccc2c1C1(c3ccccc3-c3ccccc31)c1ccccc1C21c2ccccc2-c2ccccc21.c1ccc(-c2ccc(N(c3ccccc3)c3cccc4c3C3(c5ccccc5-c5ccccc53)c3ccccc3C43c4ccccc4-c4ccccc43)cc2)cc1.c1ccc(Nc2ccc(-c3ccccc3)cc2)cc1. The molecular weight excluding hydrogens is 1410 g/mol. The molecule has 0 heterocycles. The second-order valence-electron chi connectivity index (χ2n) is 30.8. The molecule has 0 fully saturated rings. The number of fused-ring (bicyclic) bond motifs is 32. The van der Waals surface area contributed by atoms with Crippen molar-refractivity contribution in [3.63, 3.8) is 0 Å². The molecule has 0 amide bonds. The summed E-state index contributed by atoms with van der Waals surface area (Å²) in [5, 5.41) is 4.20. The van der Waals surface area contributed by atoms with Crippen molar-refractivity contribution in [3.8, 4) is 66.8 Å². The molecule has 6 aliphatic carbocycles. The first-order valence-corrected chi connectivity index (χ1v) is 40.3. The predicted molar refractivity (Wildman–Crippen MR) is 476 cm³/mol. The Morgan fingerprint density at radius 3 is 0.791 bits per heavy atom. The van der Waals surface area contributed by atoms with Crippen LogP contribution in [0.15, 0.2) is 449 Å². The fraction of sp³-hybridized carbons (Fsp3) is 0.0357. The largest absolute Gasteiger partial charge is 0.356 e. The third-order valence-corrected chi connectivity index (χ3v) is 25.8. The summed E-state index contributed by atoms with van der Waals surface area (Å²) in [6.07, 6.45) is 0. The molecule has 115 heavy (non-hydrogen) atoms. The van der Waals surface area contributed by atoms with E-state index in [1.54, 1.807) is 0 Å². The molecule has 0 radical (unpaired) electrons. The Morgan fingerprint density at radius 1 is 0.174 bits per heavy atom. The zero-order valence-electron chi connectivity index (χ0n) is 63.0. The van der Waals surface area contributed by atoms with Crippen molar-refractivity contribution in [1.82, 2.24) is 0 Å². The van der Waals surface area contributed by atoms with Crippen LogP contribution >= 0.6 is 11.6 Å². The molecule has 0 aromatic heterocycles. The molecule has 0 atom stereocenters. The smallest absolute Gasteiger partial charge is 0.0740 e. The van der Waals surface area contributed by atoms with E-state index < -0.39 is 21.7 Å². The van der Waals surface area contributed by atoms with E-state index in [0.29, 0.717) is 0 Å². The van der Waals surface area contributed by atoms with E-state index in [4.69, 9.17) is 11.6 Å². The molecule has 0 saturated heterocycles. The number of rotatable bonds is 7. The third-order valence-electron chi connectivity index (χ3n) is 25.4. The minimum Gasteiger partial charge on any atom is -0.356 e. The molecule has 540 valence electrons. The summed E-state index contributed by atoms with van der Waals surface area (Å²) >= 11 is 7.43. The van der Waals surface area contributed by atoms with Crippen LogP contribution in [0.25, 0.3) is 66.8 Å². The van der Waals surface area contributed by atoms with Gasteiger partial charge in [0.05, 0.1) is 27.3 Å². The molecule has 0 bridgehead atoms. The van der Waals surface area contributed by atoms with Gasteiger partial charge in [0.15, 0.2) is 0 Å². The lowest BCUT2D eigenvalue weighted by molar-refractivity contribution is 0.633. The van der Waals surface area contributed by atoms with Crippen LogP contribution in [-0.2, 0) is 21.7 Å². The number of benzene rings is 18. The van der Waals surface area contributed by atoms with Gasteiger partial charge in [-0.05, 0) is 211 Å². The van der Waals surface area contributed by atoms with E-state index in [0.717, 1.165) is 27.8 Å². The Bertz CT molecular complexity index is 6640. The first-order valence-electron chi connectivity index (χ1n) is 39.9. The molecule has 24 rings (SSSR count). The van der Waals surface area contributed by atoms with Gasteiger partial charge in [-0.3, -0.25) is 0 Å². The second kappa shape index (κ2) is 27.1. The van der Waals surface area contributed by atoms with Crippen LogP contribution in [0, 0.1) is 0 Å². The third kappa shape index (κ3) is 9.83. The fourth-order valence-corrected chi connectivity index (χ4v) is 21.5. The van der Waals surface area contributed by atoms with Crippen LogP contribution in [0.4, 0.5) is 28.4 Å². The van der Waals surface area contributed by atoms with Gasteiger partial charge in [-0.1, -0.05) is 400 Å². The summed E-state index contributed by atoms with van der Waals surface area (Å²) < 4.78 is 0. The number of nitrogens with zero attached hydrogens (tertiary/aromatic N) is 1. The number of halogens is 1. The Hall–Kier alpha value is -14.2. The Kier molecular flexibility index (Phi) is 15.9. The zero-order valence-corrected chi connectivity index (χ0v) is 63.8. The molecular formula is C112H75ClN2. The lowest BCUT2D eigenvalue weighted by atomic mass is 9.52. The molecule has 0 saturated carbocycles. The molecule has 4 spiro atoms. The normalized spacial score (nSPS) is 14.1. The highest BCUT2D eigenvalue weighted by molar-refractivity contribution is 6.32. The van der Waals surface area contributed by atoms with E-state index in [1.807, 2.05) is 24.3 Å². The van der Waals surface area contributed by atoms with Gasteiger partial charge in [0.2, 0.25) is 0 Å². The number of hydrogen-bond acceptors (Lipinski definition) is 2. The molecule has 6 aliphatic rings. The molecule has 0 aliphatic heterocycles. The first-order chi connectivity index (χ1) is 57.0. The maximum absolute atomic E-state index is 7.43. The molecule has 18 aromatic rings. The highest BCUT2D eigenvalue weighted by atomic mass is 35.5. The highest BCUT2D eigenvalue weighted by Gasteiger charge is 2.62. The van der Waals surface area contributed by atoms with E-state index in [2.05, 4.69) is 435 Å². The van der Waals surface area contributed by atoms with E-state index >= 15 is 0 Å². The van der Waals surface area contributed by atoms with Crippen LogP contribution in [0.1, 0.15) is 89.0 Å². The van der Waals surface area contributed by atoms with Crippen molar-refractivity contribution < 1.29 is 0 Å². The zero-order chi connectivity index (χ0) is 76.2. The Balaban J connectivity index is 0.000000119. The average molecular weight is 1480 g/mol. The van der Waals surface area contributed by atoms with Crippen molar-refractivity contribution in [1.29, 1.82) is 0 Å². The Labute approximate surface area is 676 Å². The van der Waals surface area contributed by atoms with Crippen LogP contribution < -0.4 is 10.2 Å². The van der Waals surface area contributed by atoms with Crippen LogP contribution in [0.3, 0.4) is 0 Å². The Morgan fingerprint density at radius 2 is 0.417 bits per heavy atom. The summed E-state index contributed by atoms with van der Waals surface area (Å²) in [5.41, 5.74) is 39.8. The van der Waals surface area contributed by atoms with Gasteiger partial charge in [0, 0.05) is 33.3 Å². The van der Waals surface area contributed by atoms with Crippen molar-refractivity contribution in [2.45, 2.75) is 21.7 Å². The number of nitrogens with one attached hydrogen (secondary N) is 1. The number of hydrogen-bond donors (Lipinski definition) is 1. The van der Waals surface area contributed by atoms with E-state index in [-0.39, 0.29) is 0 Å². The van der Waals surface area contributed by atoms with Gasteiger partial charge in [-0.15, -0.1) is 0 Å².